The fourth-order valence-corrected chi connectivity index (χ4v) is 1.27. The highest BCUT2D eigenvalue weighted by Gasteiger charge is 2.23. The van der Waals surface area contributed by atoms with Crippen LogP contribution in [0.5, 0.6) is 0 Å². The molecule has 0 unspecified atom stereocenters. The van der Waals surface area contributed by atoms with Gasteiger partial charge in [0.05, 0.1) is 4.92 Å². The van der Waals surface area contributed by atoms with E-state index in [1.54, 1.807) is 18.2 Å². The fourth-order valence-electron chi connectivity index (χ4n) is 1.27. The van der Waals surface area contributed by atoms with Gasteiger partial charge in [-0.2, -0.15) is 0 Å². The van der Waals surface area contributed by atoms with Crippen molar-refractivity contribution in [2.75, 3.05) is 0 Å². The molecule has 0 saturated carbocycles. The first-order chi connectivity index (χ1) is 7.34. The van der Waals surface area contributed by atoms with E-state index in [9.17, 15) is 10.1 Å². The van der Waals surface area contributed by atoms with Crippen molar-refractivity contribution in [2.24, 2.45) is 0 Å². The second-order valence-corrected chi connectivity index (χ2v) is 4.73. The van der Waals surface area contributed by atoms with Gasteiger partial charge in [0, 0.05) is 11.6 Å². The molecule has 0 aromatic heterocycles. The maximum absolute atomic E-state index is 10.7. The molecule has 16 heavy (non-hydrogen) atoms. The fraction of sp³-hybridized carbons (Fsp3) is 0.538. The van der Waals surface area contributed by atoms with Gasteiger partial charge >= 0.3 is 0 Å². The zero-order chi connectivity index (χ0) is 12.8. The van der Waals surface area contributed by atoms with Crippen LogP contribution in [0.4, 0.5) is 5.69 Å². The minimum absolute atomic E-state index is 0.177. The summed E-state index contributed by atoms with van der Waals surface area (Å²) in [5, 5.41) is 10.7. The molecule has 0 bridgehead atoms. The summed E-state index contributed by atoms with van der Waals surface area (Å²) in [5.41, 5.74) is 0.805. The molecule has 0 saturated heterocycles. The molecule has 3 nitrogen and oxygen atoms in total. The van der Waals surface area contributed by atoms with Crippen molar-refractivity contribution in [3.63, 3.8) is 0 Å². The topological polar surface area (TPSA) is 43.1 Å². The zero-order valence-corrected chi connectivity index (χ0v) is 10.8. The van der Waals surface area contributed by atoms with E-state index in [-0.39, 0.29) is 16.0 Å². The van der Waals surface area contributed by atoms with Gasteiger partial charge in [0.1, 0.15) is 0 Å². The van der Waals surface area contributed by atoms with Crippen molar-refractivity contribution in [1.82, 2.24) is 0 Å². The third-order valence-electron chi connectivity index (χ3n) is 1.91. The molecule has 1 rings (SSSR count). The predicted octanol–water partition coefficient (Wildman–Crippen LogP) is 4.31. The summed E-state index contributed by atoms with van der Waals surface area (Å²) in [7, 11) is 0. The lowest BCUT2D eigenvalue weighted by atomic mass is 9.86. The Bertz CT molecular complexity index is 340. The zero-order valence-electron chi connectivity index (χ0n) is 10.8. The molecule has 0 heterocycles. The SMILES string of the molecule is CC(C)(C)c1ccccc1[N+](=O)[O-].CCC. The minimum Gasteiger partial charge on any atom is -0.258 e. The van der Waals surface area contributed by atoms with Crippen LogP contribution in [0.15, 0.2) is 24.3 Å². The van der Waals surface area contributed by atoms with Crippen LogP contribution in [-0.2, 0) is 5.41 Å². The van der Waals surface area contributed by atoms with Crippen LogP contribution in [0.25, 0.3) is 0 Å². The number of benzene rings is 1. The Kier molecular flexibility index (Phi) is 5.72. The van der Waals surface area contributed by atoms with Crippen LogP contribution in [0.1, 0.15) is 46.6 Å². The van der Waals surface area contributed by atoms with Gasteiger partial charge in [-0.1, -0.05) is 59.2 Å². The molecule has 0 atom stereocenters. The van der Waals surface area contributed by atoms with Gasteiger partial charge in [-0.25, -0.2) is 0 Å². The van der Waals surface area contributed by atoms with Gasteiger partial charge in [-0.15, -0.1) is 0 Å². The molecule has 1 aromatic carbocycles. The van der Waals surface area contributed by atoms with E-state index in [1.807, 2.05) is 26.8 Å². The van der Waals surface area contributed by atoms with Crippen LogP contribution < -0.4 is 0 Å². The highest BCUT2D eigenvalue weighted by Crippen LogP contribution is 2.30. The molecule has 0 aliphatic carbocycles. The summed E-state index contributed by atoms with van der Waals surface area (Å²) in [5.74, 6) is 0. The summed E-state index contributed by atoms with van der Waals surface area (Å²) < 4.78 is 0. The highest BCUT2D eigenvalue weighted by molar-refractivity contribution is 5.43. The number of nitro benzene ring substituents is 1. The van der Waals surface area contributed by atoms with E-state index in [0.29, 0.717) is 0 Å². The molecule has 0 radical (unpaired) electrons. The average Bonchev–Trinajstić information content (AvgIpc) is 2.17. The van der Waals surface area contributed by atoms with Crippen LogP contribution in [-0.4, -0.2) is 4.92 Å². The van der Waals surface area contributed by atoms with Gasteiger partial charge in [0.15, 0.2) is 0 Å². The number of hydrogen-bond acceptors (Lipinski definition) is 2. The van der Waals surface area contributed by atoms with Crippen LogP contribution in [0.2, 0.25) is 0 Å². The highest BCUT2D eigenvalue weighted by atomic mass is 16.6. The first-order valence-corrected chi connectivity index (χ1v) is 5.58. The lowest BCUT2D eigenvalue weighted by molar-refractivity contribution is -0.386. The molecule has 90 valence electrons. The normalized spacial score (nSPS) is 10.3. The smallest absolute Gasteiger partial charge is 0.258 e. The summed E-state index contributed by atoms with van der Waals surface area (Å²) in [4.78, 5) is 10.3. The number of nitrogens with zero attached hydrogens (tertiary/aromatic N) is 1. The third-order valence-corrected chi connectivity index (χ3v) is 1.91. The molecule has 0 aliphatic rings. The maximum atomic E-state index is 10.7. The minimum atomic E-state index is -0.333. The van der Waals surface area contributed by atoms with E-state index in [4.69, 9.17) is 0 Å². The summed E-state index contributed by atoms with van der Waals surface area (Å²) in [6.45, 7) is 10.2. The molecule has 0 N–H and O–H groups in total. The lowest BCUT2D eigenvalue weighted by Gasteiger charge is -2.18. The molecule has 0 spiro atoms. The first kappa shape index (κ1) is 14.6. The van der Waals surface area contributed by atoms with Gasteiger partial charge in [0.25, 0.3) is 5.69 Å². The average molecular weight is 223 g/mol. The van der Waals surface area contributed by atoms with Crippen molar-refractivity contribution in [3.8, 4) is 0 Å². The van der Waals surface area contributed by atoms with Crippen molar-refractivity contribution < 1.29 is 4.92 Å². The van der Waals surface area contributed by atoms with Crippen molar-refractivity contribution in [2.45, 2.75) is 46.5 Å². The van der Waals surface area contributed by atoms with Gasteiger partial charge < -0.3 is 0 Å². The number of nitro groups is 1. The molecule has 0 amide bonds. The van der Waals surface area contributed by atoms with Gasteiger partial charge in [-0.3, -0.25) is 10.1 Å². The van der Waals surface area contributed by atoms with Crippen LogP contribution >= 0.6 is 0 Å². The predicted molar refractivity (Wildman–Crippen MR) is 67.8 cm³/mol. The van der Waals surface area contributed by atoms with Crippen LogP contribution in [0.3, 0.4) is 0 Å². The molecule has 0 fully saturated rings. The van der Waals surface area contributed by atoms with E-state index in [2.05, 4.69) is 13.8 Å². The van der Waals surface area contributed by atoms with Gasteiger partial charge in [-0.05, 0) is 5.41 Å². The Morgan fingerprint density at radius 3 is 1.94 bits per heavy atom. The Balaban J connectivity index is 0.000000673. The molecule has 0 aliphatic heterocycles. The number of para-hydroxylation sites is 1. The Hall–Kier alpha value is -1.38. The van der Waals surface area contributed by atoms with E-state index in [0.717, 1.165) is 5.56 Å². The summed E-state index contributed by atoms with van der Waals surface area (Å²) >= 11 is 0. The van der Waals surface area contributed by atoms with E-state index >= 15 is 0 Å². The maximum Gasteiger partial charge on any atom is 0.273 e. The Morgan fingerprint density at radius 1 is 1.19 bits per heavy atom. The van der Waals surface area contributed by atoms with Crippen molar-refractivity contribution >= 4 is 5.69 Å². The van der Waals surface area contributed by atoms with Crippen molar-refractivity contribution in [1.29, 1.82) is 0 Å². The quantitative estimate of drug-likeness (QED) is 0.526. The second-order valence-electron chi connectivity index (χ2n) is 4.73. The number of rotatable bonds is 1. The Labute approximate surface area is 97.6 Å². The summed E-state index contributed by atoms with van der Waals surface area (Å²) in [6, 6.07) is 6.86. The lowest BCUT2D eigenvalue weighted by Crippen LogP contribution is -2.13. The Morgan fingerprint density at radius 2 is 1.62 bits per heavy atom. The van der Waals surface area contributed by atoms with E-state index in [1.165, 1.54) is 6.42 Å². The largest absolute Gasteiger partial charge is 0.273 e. The number of hydrogen-bond donors (Lipinski definition) is 0. The second kappa shape index (κ2) is 6.26. The first-order valence-electron chi connectivity index (χ1n) is 5.58. The molecule has 3 heteroatoms. The molecular weight excluding hydrogens is 202 g/mol. The summed E-state index contributed by atoms with van der Waals surface area (Å²) in [6.07, 6.45) is 1.25. The molecule has 1 aromatic rings. The van der Waals surface area contributed by atoms with E-state index < -0.39 is 0 Å². The molecular formula is C13H21NO2. The van der Waals surface area contributed by atoms with Crippen LogP contribution in [0, 0.1) is 10.1 Å². The third kappa shape index (κ3) is 4.43. The standard InChI is InChI=1S/C10H13NO2.C3H8/c1-10(2,3)8-6-4-5-7-9(8)11(12)13;1-3-2/h4-7H,1-3H3;3H2,1-2H3. The van der Waals surface area contributed by atoms with Crippen molar-refractivity contribution in [3.05, 3.63) is 39.9 Å². The monoisotopic (exact) mass is 223 g/mol. The van der Waals surface area contributed by atoms with Gasteiger partial charge in [0.2, 0.25) is 0 Å².